The molecular weight excluding hydrogens is 411 g/mol. The lowest BCUT2D eigenvalue weighted by Gasteiger charge is -2.07. The van der Waals surface area contributed by atoms with Crippen molar-refractivity contribution in [1.82, 2.24) is 10.3 Å². The van der Waals surface area contributed by atoms with E-state index in [1.807, 2.05) is 0 Å². The van der Waals surface area contributed by atoms with Gasteiger partial charge in [0.15, 0.2) is 0 Å². The summed E-state index contributed by atoms with van der Waals surface area (Å²) in [5.74, 6) is 0.235. The molecule has 0 fully saturated rings. The molecule has 2 rings (SSSR count). The molecule has 0 saturated carbocycles. The molecule has 0 aliphatic carbocycles. The minimum Gasteiger partial charge on any atom is -0.367 e. The molecule has 2 aromatic rings. The standard InChI is InChI=1S/C17H18Cl2N4O3S/c1-27(25,26)23-14-5-2-12(3-6-14)4-7-16(24)20-8-9-21-17-15(19)10-13(18)11-22-17/h2-7,10-11,23H,8-9H2,1H3,(H,20,24)(H,21,22)/b7-4+. The zero-order valence-electron chi connectivity index (χ0n) is 14.4. The lowest BCUT2D eigenvalue weighted by molar-refractivity contribution is -0.116. The van der Waals surface area contributed by atoms with Crippen molar-refractivity contribution in [2.24, 2.45) is 0 Å². The van der Waals surface area contributed by atoms with E-state index < -0.39 is 10.0 Å². The summed E-state index contributed by atoms with van der Waals surface area (Å²) in [6.07, 6.45) is 5.59. The number of amides is 1. The highest BCUT2D eigenvalue weighted by Crippen LogP contribution is 2.22. The van der Waals surface area contributed by atoms with Gasteiger partial charge in [0.1, 0.15) is 5.82 Å². The van der Waals surface area contributed by atoms with Crippen LogP contribution in [0, 0.1) is 0 Å². The van der Waals surface area contributed by atoms with Crippen molar-refractivity contribution in [1.29, 1.82) is 0 Å². The molecule has 1 aromatic heterocycles. The summed E-state index contributed by atoms with van der Waals surface area (Å²) in [6.45, 7) is 0.820. The summed E-state index contributed by atoms with van der Waals surface area (Å²) in [7, 11) is -3.31. The first kappa shape index (κ1) is 21.0. The van der Waals surface area contributed by atoms with Crippen LogP contribution < -0.4 is 15.4 Å². The number of carbonyl (C=O) groups is 1. The maximum Gasteiger partial charge on any atom is 0.244 e. The number of anilines is 2. The van der Waals surface area contributed by atoms with Crippen LogP contribution in [0.1, 0.15) is 5.56 Å². The van der Waals surface area contributed by atoms with E-state index in [2.05, 4.69) is 20.3 Å². The van der Waals surface area contributed by atoms with Crippen LogP contribution in [-0.2, 0) is 14.8 Å². The third kappa shape index (κ3) is 7.86. The van der Waals surface area contributed by atoms with Gasteiger partial charge in [0, 0.05) is 31.0 Å². The Morgan fingerprint density at radius 2 is 1.89 bits per heavy atom. The normalized spacial score (nSPS) is 11.4. The minimum absolute atomic E-state index is 0.259. The monoisotopic (exact) mass is 428 g/mol. The van der Waals surface area contributed by atoms with Gasteiger partial charge in [-0.15, -0.1) is 0 Å². The molecule has 1 aromatic carbocycles. The number of benzene rings is 1. The molecule has 7 nitrogen and oxygen atoms in total. The predicted octanol–water partition coefficient (Wildman–Crippen LogP) is 3.00. The van der Waals surface area contributed by atoms with E-state index >= 15 is 0 Å². The number of aromatic nitrogens is 1. The van der Waals surface area contributed by atoms with Crippen LogP contribution in [0.15, 0.2) is 42.6 Å². The first-order valence-electron chi connectivity index (χ1n) is 7.81. The molecule has 10 heteroatoms. The lowest BCUT2D eigenvalue weighted by atomic mass is 10.2. The molecule has 1 amide bonds. The van der Waals surface area contributed by atoms with Crippen LogP contribution in [0.5, 0.6) is 0 Å². The van der Waals surface area contributed by atoms with Gasteiger partial charge in [0.05, 0.1) is 16.3 Å². The van der Waals surface area contributed by atoms with Crippen LogP contribution in [0.25, 0.3) is 6.08 Å². The van der Waals surface area contributed by atoms with Crippen molar-refractivity contribution in [3.05, 3.63) is 58.2 Å². The van der Waals surface area contributed by atoms with Crippen molar-refractivity contribution in [2.75, 3.05) is 29.4 Å². The van der Waals surface area contributed by atoms with Gasteiger partial charge in [0.2, 0.25) is 15.9 Å². The highest BCUT2D eigenvalue weighted by molar-refractivity contribution is 7.92. The molecule has 27 heavy (non-hydrogen) atoms. The average molecular weight is 429 g/mol. The van der Waals surface area contributed by atoms with Crippen LogP contribution >= 0.6 is 23.2 Å². The predicted molar refractivity (Wildman–Crippen MR) is 110 cm³/mol. The number of carbonyl (C=O) groups excluding carboxylic acids is 1. The first-order valence-corrected chi connectivity index (χ1v) is 10.5. The molecule has 0 atom stereocenters. The quantitative estimate of drug-likeness (QED) is 0.443. The number of nitrogens with one attached hydrogen (secondary N) is 3. The van der Waals surface area contributed by atoms with Gasteiger partial charge in [-0.05, 0) is 29.8 Å². The smallest absolute Gasteiger partial charge is 0.244 e. The van der Waals surface area contributed by atoms with Gasteiger partial charge < -0.3 is 10.6 Å². The number of hydrogen-bond acceptors (Lipinski definition) is 5. The number of hydrogen-bond donors (Lipinski definition) is 3. The second-order valence-corrected chi connectivity index (χ2v) is 8.12. The van der Waals surface area contributed by atoms with E-state index in [1.165, 1.54) is 12.3 Å². The fraction of sp³-hybridized carbons (Fsp3) is 0.176. The van der Waals surface area contributed by atoms with Crippen LogP contribution in [0.2, 0.25) is 10.0 Å². The average Bonchev–Trinajstić information content (AvgIpc) is 2.58. The van der Waals surface area contributed by atoms with Crippen molar-refractivity contribution in [2.45, 2.75) is 0 Å². The molecule has 0 aliphatic rings. The Bertz CT molecular complexity index is 932. The zero-order chi connectivity index (χ0) is 19.9. The maximum atomic E-state index is 11.8. The highest BCUT2D eigenvalue weighted by Gasteiger charge is 2.03. The van der Waals surface area contributed by atoms with Crippen molar-refractivity contribution in [3.63, 3.8) is 0 Å². The Morgan fingerprint density at radius 1 is 1.19 bits per heavy atom. The SMILES string of the molecule is CS(=O)(=O)Nc1ccc(/C=C/C(=O)NCCNc2ncc(Cl)cc2Cl)cc1. The number of nitrogens with zero attached hydrogens (tertiary/aromatic N) is 1. The molecule has 144 valence electrons. The number of sulfonamides is 1. The molecule has 0 spiro atoms. The van der Waals surface area contributed by atoms with E-state index in [0.29, 0.717) is 34.6 Å². The summed E-state index contributed by atoms with van der Waals surface area (Å²) in [4.78, 5) is 15.9. The van der Waals surface area contributed by atoms with Gasteiger partial charge in [-0.3, -0.25) is 9.52 Å². The summed E-state index contributed by atoms with van der Waals surface area (Å²) in [5, 5.41) is 6.57. The Morgan fingerprint density at radius 3 is 2.52 bits per heavy atom. The lowest BCUT2D eigenvalue weighted by Crippen LogP contribution is -2.27. The molecule has 1 heterocycles. The van der Waals surface area contributed by atoms with E-state index in [9.17, 15) is 13.2 Å². The number of rotatable bonds is 8. The van der Waals surface area contributed by atoms with Gasteiger partial charge in [-0.25, -0.2) is 13.4 Å². The van der Waals surface area contributed by atoms with E-state index in [4.69, 9.17) is 23.2 Å². The van der Waals surface area contributed by atoms with Crippen LogP contribution in [0.3, 0.4) is 0 Å². The molecule has 0 saturated heterocycles. The van der Waals surface area contributed by atoms with Gasteiger partial charge in [0.25, 0.3) is 0 Å². The van der Waals surface area contributed by atoms with Crippen molar-refractivity contribution < 1.29 is 13.2 Å². The number of pyridine rings is 1. The fourth-order valence-electron chi connectivity index (χ4n) is 2.02. The second-order valence-electron chi connectivity index (χ2n) is 5.53. The summed E-state index contributed by atoms with van der Waals surface area (Å²) < 4.78 is 24.7. The maximum absolute atomic E-state index is 11.8. The third-order valence-electron chi connectivity index (χ3n) is 3.17. The Labute approximate surface area is 167 Å². The highest BCUT2D eigenvalue weighted by atomic mass is 35.5. The van der Waals surface area contributed by atoms with Gasteiger partial charge in [-0.1, -0.05) is 35.3 Å². The number of halogens is 2. The molecule has 0 aliphatic heterocycles. The molecule has 0 unspecified atom stereocenters. The molecule has 0 bridgehead atoms. The topological polar surface area (TPSA) is 100 Å². The van der Waals surface area contributed by atoms with E-state index in [-0.39, 0.29) is 5.91 Å². The molecule has 3 N–H and O–H groups in total. The van der Waals surface area contributed by atoms with Gasteiger partial charge >= 0.3 is 0 Å². The summed E-state index contributed by atoms with van der Waals surface area (Å²) in [6, 6.07) is 8.22. The van der Waals surface area contributed by atoms with Crippen molar-refractivity contribution >= 4 is 56.7 Å². The second kappa shape index (κ2) is 9.59. The largest absolute Gasteiger partial charge is 0.367 e. The molecular formula is C17H18Cl2N4O3S. The van der Waals surface area contributed by atoms with Crippen LogP contribution in [-0.4, -0.2) is 38.7 Å². The minimum atomic E-state index is -3.31. The zero-order valence-corrected chi connectivity index (χ0v) is 16.7. The third-order valence-corrected chi connectivity index (χ3v) is 4.27. The Kier molecular flexibility index (Phi) is 7.46. The van der Waals surface area contributed by atoms with Gasteiger partial charge in [-0.2, -0.15) is 0 Å². The summed E-state index contributed by atoms with van der Waals surface area (Å²) >= 11 is 11.8. The Balaban J connectivity index is 1.76. The van der Waals surface area contributed by atoms with Crippen LogP contribution in [0.4, 0.5) is 11.5 Å². The van der Waals surface area contributed by atoms with E-state index in [1.54, 1.807) is 36.4 Å². The van der Waals surface area contributed by atoms with E-state index in [0.717, 1.165) is 11.8 Å². The summed E-state index contributed by atoms with van der Waals surface area (Å²) in [5.41, 5.74) is 1.22. The fourth-order valence-corrected chi connectivity index (χ4v) is 3.03. The molecule has 0 radical (unpaired) electrons. The Hall–Kier alpha value is -2.29. The first-order chi connectivity index (χ1) is 12.7. The van der Waals surface area contributed by atoms with Crippen molar-refractivity contribution in [3.8, 4) is 0 Å².